The summed E-state index contributed by atoms with van der Waals surface area (Å²) in [5, 5.41) is 0. The van der Waals surface area contributed by atoms with Gasteiger partial charge in [-0.25, -0.2) is 13.2 Å². The van der Waals surface area contributed by atoms with Crippen LogP contribution in [0.3, 0.4) is 0 Å². The first kappa shape index (κ1) is 26.9. The number of nitrogens with zero attached hydrogens (tertiary/aromatic N) is 1. The molecule has 0 heterocycles. The Balaban J connectivity index is 2.09. The fraction of sp³-hybridized carbons (Fsp3) is 0.519. The summed E-state index contributed by atoms with van der Waals surface area (Å²) < 4.78 is 33.4. The molecule has 0 aromatic heterocycles. The van der Waals surface area contributed by atoms with Crippen molar-refractivity contribution in [3.63, 3.8) is 0 Å². The molecule has 2 aromatic carbocycles. The van der Waals surface area contributed by atoms with Crippen LogP contribution in [0.5, 0.6) is 0 Å². The van der Waals surface area contributed by atoms with Crippen molar-refractivity contribution >= 4 is 21.7 Å². The van der Waals surface area contributed by atoms with E-state index in [9.17, 15) is 13.2 Å². The van der Waals surface area contributed by atoms with Gasteiger partial charge in [-0.3, -0.25) is 4.31 Å². The number of carbonyl (C=O) groups excluding carboxylic acids is 1. The zero-order valence-corrected chi connectivity index (χ0v) is 21.2. The molecule has 0 aliphatic heterocycles. The average Bonchev–Trinajstić information content (AvgIpc) is 2.81. The number of hydrogen-bond donors (Lipinski definition) is 0. The van der Waals surface area contributed by atoms with Crippen LogP contribution in [-0.2, 0) is 14.8 Å². The van der Waals surface area contributed by atoms with Crippen molar-refractivity contribution in [1.82, 2.24) is 0 Å². The fourth-order valence-corrected chi connectivity index (χ4v) is 5.27. The second-order valence-corrected chi connectivity index (χ2v) is 10.3. The summed E-state index contributed by atoms with van der Waals surface area (Å²) in [5.74, 6) is -0.407. The van der Waals surface area contributed by atoms with Gasteiger partial charge in [-0.2, -0.15) is 0 Å². The SMILES string of the molecule is CCCCCCCCCCCN(c1ccc(C(=O)OCC)cc1)S(=O)(=O)c1ccc(C)cc1. The summed E-state index contributed by atoms with van der Waals surface area (Å²) in [7, 11) is -3.70. The highest BCUT2D eigenvalue weighted by atomic mass is 32.2. The first-order chi connectivity index (χ1) is 15.9. The van der Waals surface area contributed by atoms with Gasteiger partial charge in [0.25, 0.3) is 10.0 Å². The Morgan fingerprint density at radius 3 is 1.88 bits per heavy atom. The van der Waals surface area contributed by atoms with Crippen LogP contribution in [0.2, 0.25) is 0 Å². The van der Waals surface area contributed by atoms with Gasteiger partial charge in [-0.1, -0.05) is 76.0 Å². The highest BCUT2D eigenvalue weighted by Gasteiger charge is 2.25. The van der Waals surface area contributed by atoms with Crippen molar-refractivity contribution < 1.29 is 17.9 Å². The van der Waals surface area contributed by atoms with E-state index >= 15 is 0 Å². The number of benzene rings is 2. The molecule has 0 aliphatic carbocycles. The monoisotopic (exact) mass is 473 g/mol. The quantitative estimate of drug-likeness (QED) is 0.208. The van der Waals surface area contributed by atoms with E-state index in [1.807, 2.05) is 19.1 Å². The minimum atomic E-state index is -3.70. The van der Waals surface area contributed by atoms with E-state index in [0.29, 0.717) is 24.4 Å². The Hall–Kier alpha value is -2.34. The number of carbonyl (C=O) groups is 1. The first-order valence-electron chi connectivity index (χ1n) is 12.3. The molecule has 0 spiro atoms. The lowest BCUT2D eigenvalue weighted by molar-refractivity contribution is 0.0526. The van der Waals surface area contributed by atoms with E-state index in [4.69, 9.17) is 4.74 Å². The second kappa shape index (κ2) is 14.0. The Morgan fingerprint density at radius 2 is 1.33 bits per heavy atom. The molecule has 0 amide bonds. The Bertz CT molecular complexity index is 937. The predicted octanol–water partition coefficient (Wildman–Crippen LogP) is 6.90. The molecule has 0 radical (unpaired) electrons. The van der Waals surface area contributed by atoms with Gasteiger partial charge in [-0.15, -0.1) is 0 Å². The summed E-state index contributed by atoms with van der Waals surface area (Å²) in [5.41, 5.74) is 1.98. The standard InChI is InChI=1S/C27H39NO4S/c1-4-6-7-8-9-10-11-12-13-22-28(33(30,31)26-20-14-23(3)15-21-26)25-18-16-24(17-19-25)27(29)32-5-2/h14-21H,4-13,22H2,1-3H3. The molecule has 0 saturated carbocycles. The summed E-state index contributed by atoms with van der Waals surface area (Å²) in [4.78, 5) is 12.3. The van der Waals surface area contributed by atoms with Crippen LogP contribution >= 0.6 is 0 Å². The lowest BCUT2D eigenvalue weighted by Gasteiger charge is -2.25. The molecule has 0 fully saturated rings. The third-order valence-corrected chi connectivity index (χ3v) is 7.58. The molecule has 0 aliphatic rings. The van der Waals surface area contributed by atoms with Gasteiger partial charge < -0.3 is 4.74 Å². The number of hydrogen-bond acceptors (Lipinski definition) is 4. The van der Waals surface area contributed by atoms with Crippen LogP contribution in [0.25, 0.3) is 0 Å². The largest absolute Gasteiger partial charge is 0.462 e. The van der Waals surface area contributed by atoms with Gasteiger partial charge in [0.2, 0.25) is 0 Å². The molecule has 0 N–H and O–H groups in total. The van der Waals surface area contributed by atoms with Crippen molar-refractivity contribution in [2.24, 2.45) is 0 Å². The molecule has 2 aromatic rings. The molecule has 0 atom stereocenters. The van der Waals surface area contributed by atoms with Gasteiger partial charge >= 0.3 is 5.97 Å². The summed E-state index contributed by atoms with van der Waals surface area (Å²) in [6.45, 7) is 6.62. The number of ether oxygens (including phenoxy) is 1. The summed E-state index contributed by atoms with van der Waals surface area (Å²) in [6, 6.07) is 13.6. The molecular weight excluding hydrogens is 434 g/mol. The fourth-order valence-electron chi connectivity index (χ4n) is 3.77. The van der Waals surface area contributed by atoms with E-state index in [-0.39, 0.29) is 4.90 Å². The molecule has 0 bridgehead atoms. The van der Waals surface area contributed by atoms with Crippen molar-refractivity contribution in [3.8, 4) is 0 Å². The molecule has 0 saturated heterocycles. The number of esters is 1. The van der Waals surface area contributed by atoms with E-state index in [2.05, 4.69) is 6.92 Å². The van der Waals surface area contributed by atoms with E-state index in [1.54, 1.807) is 43.3 Å². The molecule has 182 valence electrons. The Kier molecular flexibility index (Phi) is 11.4. The molecule has 5 nitrogen and oxygen atoms in total. The Labute approximate surface area is 200 Å². The van der Waals surface area contributed by atoms with Crippen LogP contribution in [0.4, 0.5) is 5.69 Å². The molecule has 6 heteroatoms. The van der Waals surface area contributed by atoms with E-state index in [1.165, 1.54) is 42.8 Å². The maximum absolute atomic E-state index is 13.5. The molecular formula is C27H39NO4S. The Morgan fingerprint density at radius 1 is 0.788 bits per heavy atom. The zero-order valence-electron chi connectivity index (χ0n) is 20.4. The average molecular weight is 474 g/mol. The van der Waals surface area contributed by atoms with Crippen LogP contribution in [-0.4, -0.2) is 27.5 Å². The maximum Gasteiger partial charge on any atom is 0.338 e. The van der Waals surface area contributed by atoms with Crippen molar-refractivity contribution in [2.75, 3.05) is 17.5 Å². The minimum absolute atomic E-state index is 0.276. The zero-order chi connectivity index (χ0) is 24.1. The summed E-state index contributed by atoms with van der Waals surface area (Å²) >= 11 is 0. The van der Waals surface area contributed by atoms with E-state index < -0.39 is 16.0 Å². The number of sulfonamides is 1. The first-order valence-corrected chi connectivity index (χ1v) is 13.7. The van der Waals surface area contributed by atoms with Crippen molar-refractivity contribution in [2.45, 2.75) is 83.5 Å². The van der Waals surface area contributed by atoms with Crippen LogP contribution in [0.15, 0.2) is 53.4 Å². The predicted molar refractivity (Wildman–Crippen MR) is 135 cm³/mol. The van der Waals surface area contributed by atoms with Gasteiger partial charge in [0, 0.05) is 6.54 Å². The minimum Gasteiger partial charge on any atom is -0.462 e. The van der Waals surface area contributed by atoms with Gasteiger partial charge in [0.15, 0.2) is 0 Å². The van der Waals surface area contributed by atoms with Crippen molar-refractivity contribution in [1.29, 1.82) is 0 Å². The number of unbranched alkanes of at least 4 members (excludes halogenated alkanes) is 8. The van der Waals surface area contributed by atoms with Crippen molar-refractivity contribution in [3.05, 3.63) is 59.7 Å². The summed E-state index contributed by atoms with van der Waals surface area (Å²) in [6.07, 6.45) is 10.5. The third-order valence-electron chi connectivity index (χ3n) is 5.74. The lowest BCUT2D eigenvalue weighted by Crippen LogP contribution is -2.32. The topological polar surface area (TPSA) is 63.7 Å². The van der Waals surface area contributed by atoms with Gasteiger partial charge in [0.1, 0.15) is 0 Å². The number of rotatable bonds is 15. The second-order valence-electron chi connectivity index (χ2n) is 8.49. The van der Waals surface area contributed by atoms with Crippen LogP contribution in [0, 0.1) is 6.92 Å². The third kappa shape index (κ3) is 8.50. The highest BCUT2D eigenvalue weighted by molar-refractivity contribution is 7.92. The number of anilines is 1. The smallest absolute Gasteiger partial charge is 0.338 e. The van der Waals surface area contributed by atoms with Gasteiger partial charge in [-0.05, 0) is 56.7 Å². The highest BCUT2D eigenvalue weighted by Crippen LogP contribution is 2.25. The van der Waals surface area contributed by atoms with E-state index in [0.717, 1.165) is 24.8 Å². The number of aryl methyl sites for hydroxylation is 1. The van der Waals surface area contributed by atoms with Crippen LogP contribution < -0.4 is 4.31 Å². The molecule has 0 unspecified atom stereocenters. The van der Waals surface area contributed by atoms with Crippen LogP contribution in [0.1, 0.15) is 87.6 Å². The van der Waals surface area contributed by atoms with Gasteiger partial charge in [0.05, 0.1) is 22.8 Å². The normalized spacial score (nSPS) is 11.4. The molecule has 2 rings (SSSR count). The maximum atomic E-state index is 13.5. The lowest BCUT2D eigenvalue weighted by atomic mass is 10.1. The molecule has 33 heavy (non-hydrogen) atoms.